The zero-order valence-electron chi connectivity index (χ0n) is 12.1. The number of nitrogens with one attached hydrogen (secondary N) is 1. The number of benzene rings is 1. The second-order valence-electron chi connectivity index (χ2n) is 6.09. The van der Waals surface area contributed by atoms with E-state index < -0.39 is 5.60 Å². The van der Waals surface area contributed by atoms with E-state index >= 15 is 0 Å². The summed E-state index contributed by atoms with van der Waals surface area (Å²) in [5.74, 6) is 0.632. The Hall–Kier alpha value is -1.55. The molecule has 0 aromatic heterocycles. The van der Waals surface area contributed by atoms with Gasteiger partial charge in [-0.05, 0) is 62.3 Å². The molecule has 0 heterocycles. The van der Waals surface area contributed by atoms with Crippen molar-refractivity contribution in [1.29, 1.82) is 0 Å². The van der Waals surface area contributed by atoms with Gasteiger partial charge in [-0.3, -0.25) is 4.79 Å². The third kappa shape index (κ3) is 3.51. The molecular formula is C16H23NO3. The molecule has 20 heavy (non-hydrogen) atoms. The summed E-state index contributed by atoms with van der Waals surface area (Å²) < 4.78 is 0. The Labute approximate surface area is 119 Å². The number of aliphatic hydroxyl groups is 1. The predicted octanol–water partition coefficient (Wildman–Crippen LogP) is 2.37. The van der Waals surface area contributed by atoms with E-state index in [9.17, 15) is 15.0 Å². The minimum Gasteiger partial charge on any atom is -0.508 e. The summed E-state index contributed by atoms with van der Waals surface area (Å²) in [6, 6.07) is 4.75. The minimum atomic E-state index is -0.770. The molecule has 1 fully saturated rings. The Balaban J connectivity index is 1.93. The van der Waals surface area contributed by atoms with E-state index in [1.165, 1.54) is 6.07 Å². The van der Waals surface area contributed by atoms with Gasteiger partial charge in [0.2, 0.25) is 0 Å². The number of aryl methyl sites for hydroxylation is 1. The van der Waals surface area contributed by atoms with Crippen LogP contribution in [0.15, 0.2) is 18.2 Å². The van der Waals surface area contributed by atoms with Crippen LogP contribution in [0.3, 0.4) is 0 Å². The van der Waals surface area contributed by atoms with E-state index in [1.54, 1.807) is 19.1 Å². The molecule has 4 nitrogen and oxygen atoms in total. The fraction of sp³-hybridized carbons (Fsp3) is 0.562. The van der Waals surface area contributed by atoms with Crippen LogP contribution in [0, 0.1) is 12.8 Å². The number of carbonyl (C=O) groups is 1. The number of hydrogen-bond acceptors (Lipinski definition) is 3. The van der Waals surface area contributed by atoms with Crippen molar-refractivity contribution in [3.8, 4) is 5.75 Å². The SMILES string of the molecule is Cc1cc(C(=O)NCC2(O)CCC(C)CC2)ccc1O. The maximum atomic E-state index is 12.1. The maximum absolute atomic E-state index is 12.1. The first-order valence-corrected chi connectivity index (χ1v) is 7.20. The van der Waals surface area contributed by atoms with E-state index in [1.807, 2.05) is 0 Å². The summed E-state index contributed by atoms with van der Waals surface area (Å²) in [6.07, 6.45) is 3.49. The summed E-state index contributed by atoms with van der Waals surface area (Å²) in [7, 11) is 0. The summed E-state index contributed by atoms with van der Waals surface area (Å²) in [4.78, 5) is 12.1. The lowest BCUT2D eigenvalue weighted by molar-refractivity contribution is -0.00540. The lowest BCUT2D eigenvalue weighted by Crippen LogP contribution is -2.45. The smallest absolute Gasteiger partial charge is 0.251 e. The second kappa shape index (κ2) is 5.83. The van der Waals surface area contributed by atoms with Crippen molar-refractivity contribution < 1.29 is 15.0 Å². The zero-order chi connectivity index (χ0) is 14.8. The Morgan fingerprint density at radius 3 is 2.65 bits per heavy atom. The van der Waals surface area contributed by atoms with Crippen molar-refractivity contribution in [1.82, 2.24) is 5.32 Å². The molecule has 4 heteroatoms. The van der Waals surface area contributed by atoms with Gasteiger partial charge in [0.1, 0.15) is 5.75 Å². The van der Waals surface area contributed by atoms with Crippen molar-refractivity contribution in [3.63, 3.8) is 0 Å². The molecule has 1 saturated carbocycles. The lowest BCUT2D eigenvalue weighted by Gasteiger charge is -2.34. The predicted molar refractivity (Wildman–Crippen MR) is 77.8 cm³/mol. The highest BCUT2D eigenvalue weighted by Gasteiger charge is 2.32. The fourth-order valence-electron chi connectivity index (χ4n) is 2.62. The van der Waals surface area contributed by atoms with E-state index in [0.717, 1.165) is 25.7 Å². The first kappa shape index (κ1) is 14.9. The van der Waals surface area contributed by atoms with Crippen LogP contribution in [-0.4, -0.2) is 28.3 Å². The van der Waals surface area contributed by atoms with Gasteiger partial charge in [0.15, 0.2) is 0 Å². The van der Waals surface area contributed by atoms with Gasteiger partial charge in [-0.15, -0.1) is 0 Å². The average Bonchev–Trinajstić information content (AvgIpc) is 2.43. The van der Waals surface area contributed by atoms with E-state index in [0.29, 0.717) is 23.6 Å². The molecule has 1 aromatic rings. The third-order valence-corrected chi connectivity index (χ3v) is 4.24. The van der Waals surface area contributed by atoms with Gasteiger partial charge in [-0.2, -0.15) is 0 Å². The first-order valence-electron chi connectivity index (χ1n) is 7.20. The van der Waals surface area contributed by atoms with E-state index in [2.05, 4.69) is 12.2 Å². The van der Waals surface area contributed by atoms with Gasteiger partial charge in [0.05, 0.1) is 5.60 Å². The number of hydrogen-bond donors (Lipinski definition) is 3. The Kier molecular flexibility index (Phi) is 4.33. The van der Waals surface area contributed by atoms with Crippen LogP contribution >= 0.6 is 0 Å². The highest BCUT2D eigenvalue weighted by Crippen LogP contribution is 2.31. The third-order valence-electron chi connectivity index (χ3n) is 4.24. The largest absolute Gasteiger partial charge is 0.508 e. The number of amides is 1. The quantitative estimate of drug-likeness (QED) is 0.794. The molecule has 0 atom stereocenters. The molecule has 3 N–H and O–H groups in total. The maximum Gasteiger partial charge on any atom is 0.251 e. The molecule has 0 saturated heterocycles. The van der Waals surface area contributed by atoms with Crippen LogP contribution in [0.4, 0.5) is 0 Å². The van der Waals surface area contributed by atoms with Gasteiger partial charge in [-0.1, -0.05) is 6.92 Å². The summed E-state index contributed by atoms with van der Waals surface area (Å²) >= 11 is 0. The molecule has 2 rings (SSSR count). The molecule has 0 radical (unpaired) electrons. The highest BCUT2D eigenvalue weighted by atomic mass is 16.3. The Bertz CT molecular complexity index is 490. The summed E-state index contributed by atoms with van der Waals surface area (Å²) in [5, 5.41) is 22.7. The molecule has 0 aliphatic heterocycles. The minimum absolute atomic E-state index is 0.182. The standard InChI is InChI=1S/C16H23NO3/c1-11-5-7-16(20,8-6-11)10-17-15(19)13-3-4-14(18)12(2)9-13/h3-4,9,11,18,20H,5-8,10H2,1-2H3,(H,17,19). The van der Waals surface area contributed by atoms with Gasteiger partial charge >= 0.3 is 0 Å². The molecule has 1 aromatic carbocycles. The van der Waals surface area contributed by atoms with Crippen molar-refractivity contribution in [2.45, 2.75) is 45.1 Å². The van der Waals surface area contributed by atoms with Crippen LogP contribution in [0.25, 0.3) is 0 Å². The monoisotopic (exact) mass is 277 g/mol. The van der Waals surface area contributed by atoms with Gasteiger partial charge in [-0.25, -0.2) is 0 Å². The normalized spacial score (nSPS) is 26.2. The second-order valence-corrected chi connectivity index (χ2v) is 6.09. The van der Waals surface area contributed by atoms with Crippen LogP contribution < -0.4 is 5.32 Å². The summed E-state index contributed by atoms with van der Waals surface area (Å²) in [5.41, 5.74) is 0.407. The molecule has 1 amide bonds. The van der Waals surface area contributed by atoms with E-state index in [-0.39, 0.29) is 11.7 Å². The van der Waals surface area contributed by atoms with Crippen molar-refractivity contribution in [3.05, 3.63) is 29.3 Å². The number of aromatic hydroxyl groups is 1. The van der Waals surface area contributed by atoms with Crippen molar-refractivity contribution in [2.24, 2.45) is 5.92 Å². The molecule has 0 bridgehead atoms. The fourth-order valence-corrected chi connectivity index (χ4v) is 2.62. The van der Waals surface area contributed by atoms with Gasteiger partial charge in [0.25, 0.3) is 5.91 Å². The molecule has 110 valence electrons. The van der Waals surface area contributed by atoms with Crippen molar-refractivity contribution >= 4 is 5.91 Å². The summed E-state index contributed by atoms with van der Waals surface area (Å²) in [6.45, 7) is 4.23. The van der Waals surface area contributed by atoms with Crippen LogP contribution in [-0.2, 0) is 0 Å². The molecule has 0 unspecified atom stereocenters. The van der Waals surface area contributed by atoms with Crippen LogP contribution in [0.2, 0.25) is 0 Å². The Morgan fingerprint density at radius 2 is 2.05 bits per heavy atom. The Morgan fingerprint density at radius 1 is 1.40 bits per heavy atom. The topological polar surface area (TPSA) is 69.6 Å². The number of carbonyl (C=O) groups excluding carboxylic acids is 1. The highest BCUT2D eigenvalue weighted by molar-refractivity contribution is 5.94. The first-order chi connectivity index (χ1) is 9.39. The number of phenols is 1. The van der Waals surface area contributed by atoms with E-state index in [4.69, 9.17) is 0 Å². The van der Waals surface area contributed by atoms with Gasteiger partial charge in [0, 0.05) is 12.1 Å². The molecule has 1 aliphatic rings. The molecular weight excluding hydrogens is 254 g/mol. The van der Waals surface area contributed by atoms with Crippen LogP contribution in [0.5, 0.6) is 5.75 Å². The number of phenolic OH excluding ortho intramolecular Hbond substituents is 1. The number of rotatable bonds is 3. The zero-order valence-corrected chi connectivity index (χ0v) is 12.1. The van der Waals surface area contributed by atoms with Crippen LogP contribution in [0.1, 0.15) is 48.5 Å². The molecule has 1 aliphatic carbocycles. The van der Waals surface area contributed by atoms with Crippen molar-refractivity contribution in [2.75, 3.05) is 6.54 Å². The lowest BCUT2D eigenvalue weighted by atomic mass is 9.79. The van der Waals surface area contributed by atoms with Gasteiger partial charge < -0.3 is 15.5 Å². The average molecular weight is 277 g/mol. The molecule has 0 spiro atoms.